The number of aromatic nitrogens is 3. The van der Waals surface area contributed by atoms with Gasteiger partial charge in [-0.25, -0.2) is 4.79 Å². The lowest BCUT2D eigenvalue weighted by molar-refractivity contribution is 0.238. The number of hydrogen-bond donors (Lipinski definition) is 2. The number of rotatable bonds is 8. The predicted octanol–water partition coefficient (Wildman–Crippen LogP) is 1.87. The molecule has 124 valence electrons. The number of carbonyl (C=O) groups excluding carboxylic acids is 1. The molecular weight excluding hydrogens is 294 g/mol. The molecule has 1 aromatic carbocycles. The average molecular weight is 317 g/mol. The molecule has 0 aliphatic carbocycles. The van der Waals surface area contributed by atoms with Gasteiger partial charge in [0.05, 0.1) is 13.2 Å². The van der Waals surface area contributed by atoms with Gasteiger partial charge in [0.1, 0.15) is 12.1 Å². The van der Waals surface area contributed by atoms with Gasteiger partial charge in [-0.05, 0) is 32.4 Å². The van der Waals surface area contributed by atoms with E-state index in [1.165, 1.54) is 5.56 Å². The summed E-state index contributed by atoms with van der Waals surface area (Å²) in [7, 11) is 0. The summed E-state index contributed by atoms with van der Waals surface area (Å²) in [5.41, 5.74) is 1.20. The zero-order chi connectivity index (χ0) is 16.5. The normalized spacial score (nSPS) is 10.3. The Labute approximate surface area is 136 Å². The lowest BCUT2D eigenvalue weighted by Gasteiger charge is -2.09. The topological polar surface area (TPSA) is 81.1 Å². The molecule has 0 spiro atoms. The first-order valence-corrected chi connectivity index (χ1v) is 7.77. The molecule has 2 N–H and O–H groups in total. The van der Waals surface area contributed by atoms with Crippen LogP contribution in [-0.4, -0.2) is 33.9 Å². The van der Waals surface area contributed by atoms with E-state index in [-0.39, 0.29) is 6.03 Å². The molecule has 0 aliphatic rings. The van der Waals surface area contributed by atoms with E-state index >= 15 is 0 Å². The molecule has 0 radical (unpaired) electrons. The Morgan fingerprint density at radius 3 is 2.78 bits per heavy atom. The van der Waals surface area contributed by atoms with Gasteiger partial charge >= 0.3 is 6.03 Å². The van der Waals surface area contributed by atoms with Crippen LogP contribution in [0.5, 0.6) is 5.75 Å². The maximum Gasteiger partial charge on any atom is 0.315 e. The molecule has 1 heterocycles. The first-order valence-electron chi connectivity index (χ1n) is 7.77. The maximum absolute atomic E-state index is 11.7. The minimum atomic E-state index is -0.217. The van der Waals surface area contributed by atoms with E-state index in [4.69, 9.17) is 4.74 Å². The molecule has 0 fully saturated rings. The minimum absolute atomic E-state index is 0.217. The fraction of sp³-hybridized carbons (Fsp3) is 0.438. The van der Waals surface area contributed by atoms with Gasteiger partial charge in [-0.3, -0.25) is 0 Å². The second-order valence-corrected chi connectivity index (χ2v) is 5.16. The number of aryl methyl sites for hydroxylation is 2. The Morgan fingerprint density at radius 2 is 2.04 bits per heavy atom. The van der Waals surface area contributed by atoms with E-state index in [0.717, 1.165) is 24.5 Å². The van der Waals surface area contributed by atoms with E-state index in [1.54, 1.807) is 6.33 Å². The second kappa shape index (κ2) is 8.77. The van der Waals surface area contributed by atoms with Gasteiger partial charge in [0, 0.05) is 13.1 Å². The third kappa shape index (κ3) is 5.61. The van der Waals surface area contributed by atoms with Crippen LogP contribution in [0.3, 0.4) is 0 Å². The molecule has 2 rings (SSSR count). The lowest BCUT2D eigenvalue weighted by Crippen LogP contribution is -2.36. The number of benzene rings is 1. The summed E-state index contributed by atoms with van der Waals surface area (Å²) in [6.07, 6.45) is 2.39. The summed E-state index contributed by atoms with van der Waals surface area (Å²) in [4.78, 5) is 11.7. The van der Waals surface area contributed by atoms with Gasteiger partial charge in [0.15, 0.2) is 5.82 Å². The Bertz CT molecular complexity index is 609. The van der Waals surface area contributed by atoms with Crippen molar-refractivity contribution in [1.29, 1.82) is 0 Å². The summed E-state index contributed by atoms with van der Waals surface area (Å²) in [5.74, 6) is 1.59. The Morgan fingerprint density at radius 1 is 1.26 bits per heavy atom. The monoisotopic (exact) mass is 317 g/mol. The van der Waals surface area contributed by atoms with Crippen LogP contribution >= 0.6 is 0 Å². The SMILES string of the molecule is CCn1cnnc1CNC(=O)NCCCOc1ccc(C)cc1. The van der Waals surface area contributed by atoms with Gasteiger partial charge < -0.3 is 19.9 Å². The van der Waals surface area contributed by atoms with Crippen LogP contribution in [0.2, 0.25) is 0 Å². The largest absolute Gasteiger partial charge is 0.494 e. The molecule has 2 aromatic rings. The second-order valence-electron chi connectivity index (χ2n) is 5.16. The molecule has 23 heavy (non-hydrogen) atoms. The quantitative estimate of drug-likeness (QED) is 0.728. The number of amides is 2. The van der Waals surface area contributed by atoms with E-state index in [2.05, 4.69) is 20.8 Å². The Kier molecular flexibility index (Phi) is 6.40. The number of hydrogen-bond acceptors (Lipinski definition) is 4. The number of nitrogens with one attached hydrogen (secondary N) is 2. The minimum Gasteiger partial charge on any atom is -0.494 e. The standard InChI is InChI=1S/C16H23N5O2/c1-3-21-12-19-20-15(21)11-18-16(22)17-9-4-10-23-14-7-5-13(2)6-8-14/h5-8,12H,3-4,9-11H2,1-2H3,(H2,17,18,22). The summed E-state index contributed by atoms with van der Waals surface area (Å²) in [6.45, 7) is 6.30. The van der Waals surface area contributed by atoms with Crippen LogP contribution < -0.4 is 15.4 Å². The van der Waals surface area contributed by atoms with E-state index in [1.807, 2.05) is 42.7 Å². The van der Waals surface area contributed by atoms with Gasteiger partial charge in [-0.15, -0.1) is 10.2 Å². The summed E-state index contributed by atoms with van der Waals surface area (Å²) < 4.78 is 7.48. The Balaban J connectivity index is 1.57. The van der Waals surface area contributed by atoms with Crippen molar-refractivity contribution in [2.75, 3.05) is 13.2 Å². The van der Waals surface area contributed by atoms with Gasteiger partial charge in [-0.1, -0.05) is 17.7 Å². The van der Waals surface area contributed by atoms with Crippen molar-refractivity contribution in [3.05, 3.63) is 42.0 Å². The molecule has 2 amide bonds. The highest BCUT2D eigenvalue weighted by Gasteiger charge is 2.05. The molecule has 0 aliphatic heterocycles. The van der Waals surface area contributed by atoms with Crippen LogP contribution in [0, 0.1) is 6.92 Å². The summed E-state index contributed by atoms with van der Waals surface area (Å²) >= 11 is 0. The average Bonchev–Trinajstić information content (AvgIpc) is 3.02. The van der Waals surface area contributed by atoms with Crippen molar-refractivity contribution in [3.63, 3.8) is 0 Å². The predicted molar refractivity (Wildman–Crippen MR) is 87.2 cm³/mol. The summed E-state index contributed by atoms with van der Waals surface area (Å²) in [6, 6.07) is 7.69. The number of ether oxygens (including phenoxy) is 1. The summed E-state index contributed by atoms with van der Waals surface area (Å²) in [5, 5.41) is 13.3. The van der Waals surface area contributed by atoms with E-state index < -0.39 is 0 Å². The highest BCUT2D eigenvalue weighted by Crippen LogP contribution is 2.11. The third-order valence-corrected chi connectivity index (χ3v) is 3.34. The van der Waals surface area contributed by atoms with Crippen molar-refractivity contribution in [1.82, 2.24) is 25.4 Å². The molecule has 7 nitrogen and oxygen atoms in total. The van der Waals surface area contributed by atoms with Crippen LogP contribution in [0.25, 0.3) is 0 Å². The highest BCUT2D eigenvalue weighted by atomic mass is 16.5. The van der Waals surface area contributed by atoms with Gasteiger partial charge in [-0.2, -0.15) is 0 Å². The first-order chi connectivity index (χ1) is 11.2. The van der Waals surface area contributed by atoms with Crippen molar-refractivity contribution in [2.24, 2.45) is 0 Å². The maximum atomic E-state index is 11.7. The molecule has 1 aromatic heterocycles. The first kappa shape index (κ1) is 16.8. The van der Waals surface area contributed by atoms with Crippen LogP contribution in [0.1, 0.15) is 24.7 Å². The van der Waals surface area contributed by atoms with Crippen LogP contribution in [0.15, 0.2) is 30.6 Å². The van der Waals surface area contributed by atoms with Gasteiger partial charge in [0.25, 0.3) is 0 Å². The number of urea groups is 1. The third-order valence-electron chi connectivity index (χ3n) is 3.34. The molecular formula is C16H23N5O2. The fourth-order valence-electron chi connectivity index (χ4n) is 2.00. The smallest absolute Gasteiger partial charge is 0.315 e. The molecule has 7 heteroatoms. The van der Waals surface area contributed by atoms with E-state index in [9.17, 15) is 4.79 Å². The lowest BCUT2D eigenvalue weighted by atomic mass is 10.2. The van der Waals surface area contributed by atoms with Crippen molar-refractivity contribution in [3.8, 4) is 5.75 Å². The zero-order valence-electron chi connectivity index (χ0n) is 13.6. The fourth-order valence-corrected chi connectivity index (χ4v) is 2.00. The molecule has 0 unspecified atom stereocenters. The molecule has 0 bridgehead atoms. The number of carbonyl (C=O) groups is 1. The number of nitrogens with zero attached hydrogens (tertiary/aromatic N) is 3. The van der Waals surface area contributed by atoms with Crippen molar-refractivity contribution < 1.29 is 9.53 Å². The van der Waals surface area contributed by atoms with Crippen LogP contribution in [-0.2, 0) is 13.1 Å². The highest BCUT2D eigenvalue weighted by molar-refractivity contribution is 5.73. The van der Waals surface area contributed by atoms with E-state index in [0.29, 0.717) is 19.7 Å². The molecule has 0 saturated carbocycles. The van der Waals surface area contributed by atoms with Crippen LogP contribution in [0.4, 0.5) is 4.79 Å². The van der Waals surface area contributed by atoms with Crippen molar-refractivity contribution in [2.45, 2.75) is 33.4 Å². The molecule has 0 saturated heterocycles. The zero-order valence-corrected chi connectivity index (χ0v) is 13.6. The van der Waals surface area contributed by atoms with Gasteiger partial charge in [0.2, 0.25) is 0 Å². The van der Waals surface area contributed by atoms with Crippen molar-refractivity contribution >= 4 is 6.03 Å². The Hall–Kier alpha value is -2.57. The molecule has 0 atom stereocenters.